The highest BCUT2D eigenvalue weighted by Gasteiger charge is 2.45. The Morgan fingerprint density at radius 1 is 1.39 bits per heavy atom. The highest BCUT2D eigenvalue weighted by atomic mass is 79.9. The number of likely N-dealkylation sites (tertiary alicyclic amines) is 1. The molecule has 1 saturated heterocycles. The van der Waals surface area contributed by atoms with Gasteiger partial charge in [0, 0.05) is 29.0 Å². The number of hydrogen-bond donors (Lipinski definition) is 2. The minimum absolute atomic E-state index is 0.128. The maximum atomic E-state index is 11.1. The van der Waals surface area contributed by atoms with Crippen LogP contribution < -0.4 is 5.73 Å². The predicted octanol–water partition coefficient (Wildman–Crippen LogP) is 2.82. The van der Waals surface area contributed by atoms with Crippen LogP contribution in [0.4, 0.5) is 4.79 Å². The molecule has 1 aromatic carbocycles. The van der Waals surface area contributed by atoms with Crippen molar-refractivity contribution < 1.29 is 9.90 Å². The zero-order valence-corrected chi connectivity index (χ0v) is 14.5. The second kappa shape index (κ2) is 5.96. The van der Waals surface area contributed by atoms with Gasteiger partial charge in [-0.2, -0.15) is 0 Å². The van der Waals surface area contributed by atoms with Crippen LogP contribution >= 0.6 is 15.9 Å². The summed E-state index contributed by atoms with van der Waals surface area (Å²) in [4.78, 5) is 22.1. The van der Waals surface area contributed by atoms with Crippen LogP contribution in [0.1, 0.15) is 25.3 Å². The average Bonchev–Trinajstić information content (AvgIpc) is 2.84. The van der Waals surface area contributed by atoms with E-state index in [0.717, 1.165) is 15.7 Å². The van der Waals surface area contributed by atoms with Gasteiger partial charge in [-0.25, -0.2) is 9.79 Å². The molecule has 0 aliphatic carbocycles. The Morgan fingerprint density at radius 3 is 2.61 bits per heavy atom. The molecule has 1 fully saturated rings. The Morgan fingerprint density at radius 2 is 2.09 bits per heavy atom. The topological polar surface area (TPSA) is 91.3 Å². The number of aliphatic imine (C=N–C) groups is 2. The third kappa shape index (κ3) is 2.85. The van der Waals surface area contributed by atoms with Gasteiger partial charge in [0.15, 0.2) is 5.66 Å². The number of amides is 1. The first-order valence-corrected chi connectivity index (χ1v) is 8.38. The van der Waals surface area contributed by atoms with Crippen molar-refractivity contribution in [2.24, 2.45) is 21.6 Å². The second-order valence-electron chi connectivity index (χ2n) is 5.97. The minimum atomic E-state index is -0.867. The number of nitrogens with zero attached hydrogens (tertiary/aromatic N) is 3. The molecule has 3 rings (SSSR count). The molecule has 0 bridgehead atoms. The lowest BCUT2D eigenvalue weighted by atomic mass is 9.80. The molecule has 1 amide bonds. The molecule has 1 atom stereocenters. The number of carboxylic acid groups (broad SMARTS) is 1. The Bertz CT molecular complexity index is 675. The number of carbonyl (C=O) groups is 1. The fraction of sp³-hybridized carbons (Fsp3) is 0.438. The Labute approximate surface area is 143 Å². The van der Waals surface area contributed by atoms with Crippen LogP contribution in [0, 0.1) is 5.92 Å². The predicted molar refractivity (Wildman–Crippen MR) is 92.9 cm³/mol. The van der Waals surface area contributed by atoms with Gasteiger partial charge in [0.2, 0.25) is 0 Å². The summed E-state index contributed by atoms with van der Waals surface area (Å²) in [7, 11) is 0. The Kier molecular flexibility index (Phi) is 4.14. The summed E-state index contributed by atoms with van der Waals surface area (Å²) in [6, 6.07) is 7.95. The zero-order chi connectivity index (χ0) is 16.6. The molecule has 2 aliphatic heterocycles. The van der Waals surface area contributed by atoms with Crippen LogP contribution in [-0.4, -0.2) is 40.7 Å². The molecule has 122 valence electrons. The van der Waals surface area contributed by atoms with Gasteiger partial charge in [-0.1, -0.05) is 28.1 Å². The lowest BCUT2D eigenvalue weighted by Crippen LogP contribution is -2.43. The zero-order valence-electron chi connectivity index (χ0n) is 12.9. The van der Waals surface area contributed by atoms with E-state index in [-0.39, 0.29) is 5.92 Å². The average molecular weight is 379 g/mol. The molecule has 3 N–H and O–H groups in total. The summed E-state index contributed by atoms with van der Waals surface area (Å²) >= 11 is 3.50. The molecule has 2 aliphatic rings. The van der Waals surface area contributed by atoms with Crippen LogP contribution in [0.5, 0.6) is 0 Å². The molecule has 6 nitrogen and oxygen atoms in total. The van der Waals surface area contributed by atoms with E-state index < -0.39 is 11.8 Å². The van der Waals surface area contributed by atoms with Gasteiger partial charge < -0.3 is 15.7 Å². The summed E-state index contributed by atoms with van der Waals surface area (Å²) in [6.07, 6.45) is 0.563. The van der Waals surface area contributed by atoms with Crippen LogP contribution in [0.3, 0.4) is 0 Å². The third-order valence-corrected chi connectivity index (χ3v) is 5.08. The van der Waals surface area contributed by atoms with E-state index in [1.165, 1.54) is 4.90 Å². The maximum Gasteiger partial charge on any atom is 0.407 e. The van der Waals surface area contributed by atoms with Gasteiger partial charge in [0.1, 0.15) is 5.84 Å². The number of piperidine rings is 1. The Hall–Kier alpha value is -1.89. The van der Waals surface area contributed by atoms with Crippen molar-refractivity contribution in [3.8, 4) is 0 Å². The fourth-order valence-corrected chi connectivity index (χ4v) is 3.74. The van der Waals surface area contributed by atoms with E-state index in [1.807, 2.05) is 31.2 Å². The molecule has 7 heteroatoms. The van der Waals surface area contributed by atoms with Crippen molar-refractivity contribution in [1.82, 2.24) is 4.90 Å². The van der Waals surface area contributed by atoms with Crippen molar-refractivity contribution in [3.63, 3.8) is 0 Å². The van der Waals surface area contributed by atoms with E-state index in [4.69, 9.17) is 20.8 Å². The van der Waals surface area contributed by atoms with Crippen molar-refractivity contribution in [2.75, 3.05) is 13.1 Å². The van der Waals surface area contributed by atoms with Crippen LogP contribution in [0.15, 0.2) is 38.7 Å². The SMILES string of the molecule is CC1=NC(c2cccc(Br)c2)(C2CCN(C(=O)O)CC2)N=C1N. The van der Waals surface area contributed by atoms with Gasteiger partial charge in [-0.15, -0.1) is 0 Å². The quantitative estimate of drug-likeness (QED) is 0.828. The van der Waals surface area contributed by atoms with E-state index >= 15 is 0 Å². The van der Waals surface area contributed by atoms with Gasteiger partial charge in [0.25, 0.3) is 0 Å². The Balaban J connectivity index is 1.97. The number of amidine groups is 1. The van der Waals surface area contributed by atoms with Crippen LogP contribution in [-0.2, 0) is 5.66 Å². The second-order valence-corrected chi connectivity index (χ2v) is 6.89. The highest BCUT2D eigenvalue weighted by molar-refractivity contribution is 9.10. The highest BCUT2D eigenvalue weighted by Crippen LogP contribution is 2.44. The number of nitrogens with two attached hydrogens (primary N) is 1. The first-order valence-electron chi connectivity index (χ1n) is 7.58. The monoisotopic (exact) mass is 378 g/mol. The molecule has 0 aromatic heterocycles. The van der Waals surface area contributed by atoms with E-state index in [2.05, 4.69) is 15.9 Å². The molecule has 0 spiro atoms. The van der Waals surface area contributed by atoms with Crippen molar-refractivity contribution in [3.05, 3.63) is 34.3 Å². The molecule has 2 heterocycles. The van der Waals surface area contributed by atoms with Gasteiger partial charge in [-0.3, -0.25) is 4.99 Å². The fourth-order valence-electron chi connectivity index (χ4n) is 3.34. The molecular weight excluding hydrogens is 360 g/mol. The molecule has 1 aromatic rings. The molecule has 1 unspecified atom stereocenters. The summed E-state index contributed by atoms with van der Waals surface area (Å²) in [6.45, 7) is 2.87. The first kappa shape index (κ1) is 16.0. The standard InChI is InChI=1S/C16H19BrN4O2/c1-10-14(18)20-16(19-10,12-3-2-4-13(17)9-12)11-5-7-21(8-6-11)15(22)23/h2-4,9,11H,5-8H2,1H3,(H2,18,20)(H,22,23). The number of benzene rings is 1. The van der Waals surface area contributed by atoms with Crippen LogP contribution in [0.2, 0.25) is 0 Å². The van der Waals surface area contributed by atoms with Gasteiger partial charge in [0.05, 0.1) is 5.71 Å². The lowest BCUT2D eigenvalue weighted by molar-refractivity contribution is 0.107. The van der Waals surface area contributed by atoms with Gasteiger partial charge >= 0.3 is 6.09 Å². The van der Waals surface area contributed by atoms with Crippen LogP contribution in [0.25, 0.3) is 0 Å². The number of hydrogen-bond acceptors (Lipinski definition) is 4. The van der Waals surface area contributed by atoms with E-state index in [0.29, 0.717) is 31.8 Å². The smallest absolute Gasteiger partial charge is 0.407 e. The normalized spacial score (nSPS) is 25.2. The van der Waals surface area contributed by atoms with Crippen molar-refractivity contribution >= 4 is 33.6 Å². The van der Waals surface area contributed by atoms with Crippen molar-refractivity contribution in [2.45, 2.75) is 25.4 Å². The molecular formula is C16H19BrN4O2. The lowest BCUT2D eigenvalue weighted by Gasteiger charge is -2.38. The number of halogens is 1. The largest absolute Gasteiger partial charge is 0.465 e. The summed E-state index contributed by atoms with van der Waals surface area (Å²) < 4.78 is 0.964. The minimum Gasteiger partial charge on any atom is -0.465 e. The maximum absolute atomic E-state index is 11.1. The first-order chi connectivity index (χ1) is 10.9. The molecule has 0 radical (unpaired) electrons. The van der Waals surface area contributed by atoms with Gasteiger partial charge in [-0.05, 0) is 31.9 Å². The molecule has 23 heavy (non-hydrogen) atoms. The summed E-state index contributed by atoms with van der Waals surface area (Å²) in [5, 5.41) is 9.14. The summed E-state index contributed by atoms with van der Waals surface area (Å²) in [5.41, 5.74) is 7.01. The summed E-state index contributed by atoms with van der Waals surface area (Å²) in [5.74, 6) is 0.592. The number of rotatable bonds is 2. The van der Waals surface area contributed by atoms with E-state index in [1.54, 1.807) is 0 Å². The van der Waals surface area contributed by atoms with E-state index in [9.17, 15) is 4.79 Å². The third-order valence-electron chi connectivity index (χ3n) is 4.58. The van der Waals surface area contributed by atoms with Crippen molar-refractivity contribution in [1.29, 1.82) is 0 Å². The molecule has 0 saturated carbocycles.